The van der Waals surface area contributed by atoms with E-state index in [-0.39, 0.29) is 5.41 Å². The van der Waals surface area contributed by atoms with Crippen molar-refractivity contribution < 1.29 is 9.84 Å². The molecule has 1 saturated carbocycles. The monoisotopic (exact) mass is 241 g/mol. The summed E-state index contributed by atoms with van der Waals surface area (Å²) in [6, 6.07) is 0.542. The zero-order valence-electron chi connectivity index (χ0n) is 11.3. The molecule has 2 rings (SSSR count). The topological polar surface area (TPSA) is 32.7 Å². The number of likely N-dealkylation sites (N-methyl/N-ethyl adjacent to an activating group) is 1. The van der Waals surface area contributed by atoms with Crippen molar-refractivity contribution in [2.45, 2.75) is 57.6 Å². The summed E-state index contributed by atoms with van der Waals surface area (Å²) in [7, 11) is 2.20. The minimum atomic E-state index is 0.162. The second kappa shape index (κ2) is 5.68. The minimum absolute atomic E-state index is 0.162. The summed E-state index contributed by atoms with van der Waals surface area (Å²) < 4.78 is 5.64. The summed E-state index contributed by atoms with van der Waals surface area (Å²) in [5, 5.41) is 9.74. The Labute approximate surface area is 105 Å². The average Bonchev–Trinajstić information content (AvgIpc) is 2.77. The molecule has 1 aliphatic carbocycles. The molecule has 1 N–H and O–H groups in total. The Morgan fingerprint density at radius 3 is 2.53 bits per heavy atom. The van der Waals surface area contributed by atoms with Gasteiger partial charge >= 0.3 is 0 Å². The van der Waals surface area contributed by atoms with Gasteiger partial charge in [0.15, 0.2) is 0 Å². The molecule has 0 amide bonds. The maximum atomic E-state index is 9.74. The number of hydrogen-bond donors (Lipinski definition) is 1. The van der Waals surface area contributed by atoms with Crippen LogP contribution >= 0.6 is 0 Å². The van der Waals surface area contributed by atoms with Crippen molar-refractivity contribution >= 4 is 0 Å². The fourth-order valence-electron chi connectivity index (χ4n) is 3.61. The molecule has 0 radical (unpaired) electrons. The summed E-state index contributed by atoms with van der Waals surface area (Å²) in [6.07, 6.45) is 7.77. The molecule has 2 unspecified atom stereocenters. The van der Waals surface area contributed by atoms with Gasteiger partial charge in [0, 0.05) is 31.2 Å². The van der Waals surface area contributed by atoms with Gasteiger partial charge in [0.2, 0.25) is 0 Å². The molecule has 0 spiro atoms. The highest BCUT2D eigenvalue weighted by Crippen LogP contribution is 2.37. The summed E-state index contributed by atoms with van der Waals surface area (Å²) in [6.45, 7) is 4.43. The van der Waals surface area contributed by atoms with Crippen molar-refractivity contribution in [1.82, 2.24) is 4.90 Å². The first-order valence-electron chi connectivity index (χ1n) is 7.10. The molecule has 1 aliphatic heterocycles. The first-order valence-corrected chi connectivity index (χ1v) is 7.10. The lowest BCUT2D eigenvalue weighted by Crippen LogP contribution is -2.46. The van der Waals surface area contributed by atoms with Crippen LogP contribution in [0.1, 0.15) is 45.4 Å². The van der Waals surface area contributed by atoms with Crippen LogP contribution in [0.15, 0.2) is 0 Å². The van der Waals surface area contributed by atoms with E-state index in [1.54, 1.807) is 0 Å². The van der Waals surface area contributed by atoms with Crippen molar-refractivity contribution in [3.8, 4) is 0 Å². The number of aliphatic hydroxyl groups is 1. The average molecular weight is 241 g/mol. The van der Waals surface area contributed by atoms with Crippen LogP contribution in [0.5, 0.6) is 0 Å². The van der Waals surface area contributed by atoms with Crippen LogP contribution in [0.2, 0.25) is 0 Å². The first-order chi connectivity index (χ1) is 8.17. The molecule has 100 valence electrons. The highest BCUT2D eigenvalue weighted by atomic mass is 16.5. The van der Waals surface area contributed by atoms with Crippen LogP contribution in [-0.4, -0.2) is 49.0 Å². The predicted molar refractivity (Wildman–Crippen MR) is 69.1 cm³/mol. The van der Waals surface area contributed by atoms with Crippen LogP contribution in [-0.2, 0) is 4.74 Å². The lowest BCUT2D eigenvalue weighted by atomic mass is 9.74. The third-order valence-corrected chi connectivity index (χ3v) is 4.74. The van der Waals surface area contributed by atoms with E-state index >= 15 is 0 Å². The van der Waals surface area contributed by atoms with Crippen molar-refractivity contribution in [3.05, 3.63) is 0 Å². The van der Waals surface area contributed by atoms with Crippen LogP contribution in [0.3, 0.4) is 0 Å². The summed E-state index contributed by atoms with van der Waals surface area (Å²) in [4.78, 5) is 2.43. The van der Waals surface area contributed by atoms with Gasteiger partial charge in [0.05, 0.1) is 6.10 Å². The van der Waals surface area contributed by atoms with E-state index in [4.69, 9.17) is 4.74 Å². The number of rotatable bonds is 4. The Hall–Kier alpha value is -0.120. The van der Waals surface area contributed by atoms with E-state index in [2.05, 4.69) is 18.9 Å². The summed E-state index contributed by atoms with van der Waals surface area (Å²) >= 11 is 0. The predicted octanol–water partition coefficient (Wildman–Crippen LogP) is 2.04. The number of aliphatic hydroxyl groups excluding tert-OH is 1. The summed E-state index contributed by atoms with van der Waals surface area (Å²) in [5.41, 5.74) is 0.162. The lowest BCUT2D eigenvalue weighted by molar-refractivity contribution is 0.0188. The Morgan fingerprint density at radius 1 is 1.29 bits per heavy atom. The van der Waals surface area contributed by atoms with E-state index in [1.807, 2.05) is 0 Å². The molecule has 2 atom stereocenters. The first kappa shape index (κ1) is 13.3. The molecule has 3 nitrogen and oxygen atoms in total. The van der Waals surface area contributed by atoms with Crippen LogP contribution in [0.4, 0.5) is 0 Å². The maximum absolute atomic E-state index is 9.74. The summed E-state index contributed by atoms with van der Waals surface area (Å²) in [5.74, 6) is 0. The molecule has 1 saturated heterocycles. The van der Waals surface area contributed by atoms with E-state index in [9.17, 15) is 5.11 Å². The zero-order chi connectivity index (χ0) is 12.3. The third kappa shape index (κ3) is 3.01. The van der Waals surface area contributed by atoms with Gasteiger partial charge in [-0.05, 0) is 33.2 Å². The minimum Gasteiger partial charge on any atom is -0.396 e. The van der Waals surface area contributed by atoms with Crippen molar-refractivity contribution in [2.75, 3.05) is 26.8 Å². The lowest BCUT2D eigenvalue weighted by Gasteiger charge is -2.41. The van der Waals surface area contributed by atoms with Gasteiger partial charge in [0.25, 0.3) is 0 Å². The molecule has 2 fully saturated rings. The molecule has 0 aromatic carbocycles. The fraction of sp³-hybridized carbons (Fsp3) is 1.00. The Bertz CT molecular complexity index is 238. The largest absolute Gasteiger partial charge is 0.396 e. The molecular formula is C14H27NO2. The molecule has 0 aromatic rings. The SMILES string of the molecule is CC1OCCC1N(C)CC1(CO)CCCCC1. The Kier molecular flexibility index (Phi) is 4.45. The van der Waals surface area contributed by atoms with Crippen LogP contribution in [0.25, 0.3) is 0 Å². The standard InChI is InChI=1S/C14H27NO2/c1-12-13(6-9-17-12)15(2)10-14(11-16)7-4-3-5-8-14/h12-13,16H,3-11H2,1-2H3. The van der Waals surface area contributed by atoms with E-state index in [0.29, 0.717) is 18.8 Å². The van der Waals surface area contributed by atoms with Gasteiger partial charge in [-0.15, -0.1) is 0 Å². The van der Waals surface area contributed by atoms with Gasteiger partial charge < -0.3 is 14.7 Å². The highest BCUT2D eigenvalue weighted by molar-refractivity contribution is 4.89. The third-order valence-electron chi connectivity index (χ3n) is 4.74. The van der Waals surface area contributed by atoms with E-state index in [0.717, 1.165) is 19.6 Å². The highest BCUT2D eigenvalue weighted by Gasteiger charge is 2.36. The molecule has 1 heterocycles. The number of hydrogen-bond acceptors (Lipinski definition) is 3. The number of ether oxygens (including phenoxy) is 1. The molecule has 0 bridgehead atoms. The van der Waals surface area contributed by atoms with Crippen LogP contribution in [0, 0.1) is 5.41 Å². The van der Waals surface area contributed by atoms with Gasteiger partial charge in [-0.3, -0.25) is 0 Å². The second-order valence-corrected chi connectivity index (χ2v) is 6.07. The van der Waals surface area contributed by atoms with Gasteiger partial charge in [-0.25, -0.2) is 0 Å². The van der Waals surface area contributed by atoms with Crippen molar-refractivity contribution in [1.29, 1.82) is 0 Å². The van der Waals surface area contributed by atoms with Gasteiger partial charge in [-0.1, -0.05) is 19.3 Å². The quantitative estimate of drug-likeness (QED) is 0.817. The Balaban J connectivity index is 1.93. The fourth-order valence-corrected chi connectivity index (χ4v) is 3.61. The smallest absolute Gasteiger partial charge is 0.0702 e. The molecule has 3 heteroatoms. The van der Waals surface area contributed by atoms with Crippen molar-refractivity contribution in [3.63, 3.8) is 0 Å². The van der Waals surface area contributed by atoms with Gasteiger partial charge in [-0.2, -0.15) is 0 Å². The van der Waals surface area contributed by atoms with Crippen molar-refractivity contribution in [2.24, 2.45) is 5.41 Å². The zero-order valence-corrected chi connectivity index (χ0v) is 11.3. The van der Waals surface area contributed by atoms with E-state index in [1.165, 1.54) is 32.1 Å². The molecular weight excluding hydrogens is 214 g/mol. The normalized spacial score (nSPS) is 33.2. The second-order valence-electron chi connectivity index (χ2n) is 6.07. The van der Waals surface area contributed by atoms with E-state index < -0.39 is 0 Å². The molecule has 2 aliphatic rings. The molecule has 17 heavy (non-hydrogen) atoms. The van der Waals surface area contributed by atoms with Gasteiger partial charge in [0.1, 0.15) is 0 Å². The molecule has 0 aromatic heterocycles. The number of nitrogens with zero attached hydrogens (tertiary/aromatic N) is 1. The van der Waals surface area contributed by atoms with Crippen LogP contribution < -0.4 is 0 Å². The Morgan fingerprint density at radius 2 is 2.00 bits per heavy atom. The maximum Gasteiger partial charge on any atom is 0.0702 e.